The Morgan fingerprint density at radius 2 is 1.78 bits per heavy atom. The van der Waals surface area contributed by atoms with Crippen molar-refractivity contribution in [3.8, 4) is 5.75 Å². The first-order valence-electron chi connectivity index (χ1n) is 10.3. The highest BCUT2D eigenvalue weighted by atomic mass is 32.2. The number of morpholine rings is 1. The molecule has 1 amide bonds. The van der Waals surface area contributed by atoms with Crippen LogP contribution in [0, 0.1) is 0 Å². The van der Waals surface area contributed by atoms with E-state index in [9.17, 15) is 13.2 Å². The molecule has 2 aliphatic rings. The quantitative estimate of drug-likeness (QED) is 0.627. The van der Waals surface area contributed by atoms with Crippen LogP contribution in [0.5, 0.6) is 5.75 Å². The lowest BCUT2D eigenvalue weighted by atomic mass is 10.2. The maximum Gasteiger partial charge on any atom is 0.252 e. The summed E-state index contributed by atoms with van der Waals surface area (Å²) in [6.45, 7) is 4.32. The zero-order valence-electron chi connectivity index (χ0n) is 17.8. The van der Waals surface area contributed by atoms with E-state index in [-0.39, 0.29) is 29.3 Å². The van der Waals surface area contributed by atoms with Gasteiger partial charge in [0.05, 0.1) is 30.8 Å². The second-order valence-electron chi connectivity index (χ2n) is 7.43. The van der Waals surface area contributed by atoms with E-state index >= 15 is 0 Å². The molecule has 1 aromatic carbocycles. The maximum atomic E-state index is 13.1. The van der Waals surface area contributed by atoms with Crippen LogP contribution in [-0.2, 0) is 14.8 Å². The van der Waals surface area contributed by atoms with Gasteiger partial charge >= 0.3 is 0 Å². The first-order chi connectivity index (χ1) is 15.4. The summed E-state index contributed by atoms with van der Waals surface area (Å²) in [5.74, 6) is 0.904. The number of nitrogens with zero attached hydrogens (tertiary/aromatic N) is 5. The van der Waals surface area contributed by atoms with Crippen molar-refractivity contribution in [1.82, 2.24) is 14.3 Å². The molecule has 2 aliphatic heterocycles. The number of anilines is 2. The van der Waals surface area contributed by atoms with Gasteiger partial charge in [-0.3, -0.25) is 4.79 Å². The number of sulfonamides is 1. The number of rotatable bonds is 6. The molecule has 2 N–H and O–H groups in total. The van der Waals surface area contributed by atoms with Gasteiger partial charge in [-0.25, -0.2) is 13.4 Å². The fourth-order valence-electron chi connectivity index (χ4n) is 3.78. The molecule has 2 fully saturated rings. The van der Waals surface area contributed by atoms with E-state index in [0.29, 0.717) is 32.3 Å². The van der Waals surface area contributed by atoms with E-state index in [1.807, 2.05) is 11.0 Å². The SMILES string of the molecule is COc1ccc(S(=O)(=O)N2CCN(c3ccnc(N4CCOCC4)n3)CC2)cc1C(N)=O. The molecule has 2 saturated heterocycles. The number of aromatic nitrogens is 2. The first-order valence-corrected chi connectivity index (χ1v) is 11.7. The number of primary amides is 1. The van der Waals surface area contributed by atoms with Crippen molar-refractivity contribution in [2.75, 3.05) is 69.4 Å². The molecule has 3 heterocycles. The highest BCUT2D eigenvalue weighted by molar-refractivity contribution is 7.89. The minimum absolute atomic E-state index is 0.0113. The largest absolute Gasteiger partial charge is 0.496 e. The molecule has 172 valence electrons. The molecule has 0 spiro atoms. The second kappa shape index (κ2) is 9.27. The summed E-state index contributed by atoms with van der Waals surface area (Å²) in [6.07, 6.45) is 1.72. The third-order valence-electron chi connectivity index (χ3n) is 5.56. The number of nitrogens with two attached hydrogens (primary N) is 1. The van der Waals surface area contributed by atoms with Crippen LogP contribution in [0.4, 0.5) is 11.8 Å². The third kappa shape index (κ3) is 4.47. The summed E-state index contributed by atoms with van der Waals surface area (Å²) in [6, 6.07) is 5.96. The third-order valence-corrected chi connectivity index (χ3v) is 7.45. The molecule has 0 unspecified atom stereocenters. The molecular weight excluding hydrogens is 436 g/mol. The lowest BCUT2D eigenvalue weighted by molar-refractivity contribution is 0.0997. The Bertz CT molecular complexity index is 1080. The van der Waals surface area contributed by atoms with Crippen LogP contribution < -0.4 is 20.3 Å². The highest BCUT2D eigenvalue weighted by Gasteiger charge is 2.30. The number of methoxy groups -OCH3 is 1. The Kier molecular flexibility index (Phi) is 6.44. The Morgan fingerprint density at radius 1 is 1.06 bits per heavy atom. The van der Waals surface area contributed by atoms with Crippen molar-refractivity contribution in [3.63, 3.8) is 0 Å². The summed E-state index contributed by atoms with van der Waals surface area (Å²) in [5, 5.41) is 0. The number of benzene rings is 1. The Hall–Kier alpha value is -2.96. The summed E-state index contributed by atoms with van der Waals surface area (Å²) < 4.78 is 38.2. The average molecular weight is 463 g/mol. The van der Waals surface area contributed by atoms with Crippen molar-refractivity contribution < 1.29 is 22.7 Å². The van der Waals surface area contributed by atoms with Crippen LogP contribution in [-0.4, -0.2) is 88.2 Å². The van der Waals surface area contributed by atoms with Gasteiger partial charge in [0, 0.05) is 45.5 Å². The minimum Gasteiger partial charge on any atom is -0.496 e. The number of carbonyl (C=O) groups is 1. The van der Waals surface area contributed by atoms with Crippen molar-refractivity contribution in [2.24, 2.45) is 5.73 Å². The summed E-state index contributed by atoms with van der Waals surface area (Å²) >= 11 is 0. The van der Waals surface area contributed by atoms with Crippen molar-refractivity contribution >= 4 is 27.7 Å². The molecule has 12 heteroatoms. The van der Waals surface area contributed by atoms with E-state index in [1.54, 1.807) is 6.20 Å². The number of amides is 1. The summed E-state index contributed by atoms with van der Waals surface area (Å²) in [4.78, 5) is 24.8. The second-order valence-corrected chi connectivity index (χ2v) is 9.37. The van der Waals surface area contributed by atoms with Gasteiger partial charge in [-0.1, -0.05) is 0 Å². The maximum absolute atomic E-state index is 13.1. The molecular formula is C20H26N6O5S. The van der Waals surface area contributed by atoms with Gasteiger partial charge in [0.25, 0.3) is 5.91 Å². The molecule has 1 aromatic heterocycles. The van der Waals surface area contributed by atoms with Crippen molar-refractivity contribution in [3.05, 3.63) is 36.0 Å². The van der Waals surface area contributed by atoms with Gasteiger partial charge in [-0.15, -0.1) is 0 Å². The van der Waals surface area contributed by atoms with E-state index in [2.05, 4.69) is 14.9 Å². The Labute approximate surface area is 186 Å². The molecule has 0 radical (unpaired) electrons. The molecule has 0 atom stereocenters. The molecule has 0 bridgehead atoms. The minimum atomic E-state index is -3.79. The van der Waals surface area contributed by atoms with Gasteiger partial charge in [0.1, 0.15) is 11.6 Å². The fourth-order valence-corrected chi connectivity index (χ4v) is 5.23. The number of hydrogen-bond acceptors (Lipinski definition) is 9. The number of hydrogen-bond donors (Lipinski definition) is 1. The predicted molar refractivity (Wildman–Crippen MR) is 118 cm³/mol. The monoisotopic (exact) mass is 462 g/mol. The Balaban J connectivity index is 1.47. The first kappa shape index (κ1) is 22.2. The molecule has 4 rings (SSSR count). The van der Waals surface area contributed by atoms with E-state index in [1.165, 1.54) is 29.6 Å². The van der Waals surface area contributed by atoms with E-state index in [4.69, 9.17) is 15.2 Å². The van der Waals surface area contributed by atoms with Gasteiger partial charge in [-0.2, -0.15) is 9.29 Å². The molecule has 32 heavy (non-hydrogen) atoms. The molecule has 0 aliphatic carbocycles. The van der Waals surface area contributed by atoms with Crippen LogP contribution >= 0.6 is 0 Å². The number of carbonyl (C=O) groups excluding carboxylic acids is 1. The van der Waals surface area contributed by atoms with Gasteiger partial charge in [0.15, 0.2) is 0 Å². The van der Waals surface area contributed by atoms with Crippen molar-refractivity contribution in [1.29, 1.82) is 0 Å². The zero-order chi connectivity index (χ0) is 22.7. The molecule has 11 nitrogen and oxygen atoms in total. The van der Waals surface area contributed by atoms with Gasteiger partial charge < -0.3 is 25.0 Å². The Morgan fingerprint density at radius 3 is 2.44 bits per heavy atom. The van der Waals surface area contributed by atoms with Crippen LogP contribution in [0.2, 0.25) is 0 Å². The van der Waals surface area contributed by atoms with Crippen LogP contribution in [0.25, 0.3) is 0 Å². The number of ether oxygens (including phenoxy) is 2. The molecule has 0 saturated carbocycles. The highest BCUT2D eigenvalue weighted by Crippen LogP contribution is 2.26. The lowest BCUT2D eigenvalue weighted by Crippen LogP contribution is -2.49. The van der Waals surface area contributed by atoms with E-state index < -0.39 is 15.9 Å². The van der Waals surface area contributed by atoms with Gasteiger partial charge in [-0.05, 0) is 24.3 Å². The van der Waals surface area contributed by atoms with E-state index in [0.717, 1.165) is 18.9 Å². The number of piperazine rings is 1. The average Bonchev–Trinajstić information content (AvgIpc) is 2.84. The molecule has 2 aromatic rings. The van der Waals surface area contributed by atoms with Gasteiger partial charge in [0.2, 0.25) is 16.0 Å². The van der Waals surface area contributed by atoms with Crippen LogP contribution in [0.3, 0.4) is 0 Å². The van der Waals surface area contributed by atoms with Crippen LogP contribution in [0.1, 0.15) is 10.4 Å². The standard InChI is InChI=1S/C20H26N6O5S/c1-30-17-3-2-15(14-16(17)19(21)27)32(28,29)26-8-6-24(7-9-26)18-4-5-22-20(23-18)25-10-12-31-13-11-25/h2-5,14H,6-13H2,1H3,(H2,21,27). The normalized spacial score (nSPS) is 17.9. The van der Waals surface area contributed by atoms with Crippen LogP contribution in [0.15, 0.2) is 35.4 Å². The summed E-state index contributed by atoms with van der Waals surface area (Å²) in [5.41, 5.74) is 5.40. The smallest absolute Gasteiger partial charge is 0.252 e. The lowest BCUT2D eigenvalue weighted by Gasteiger charge is -2.35. The summed E-state index contributed by atoms with van der Waals surface area (Å²) in [7, 11) is -2.39. The topological polar surface area (TPSA) is 131 Å². The fraction of sp³-hybridized carbons (Fsp3) is 0.450. The predicted octanol–water partition coefficient (Wildman–Crippen LogP) is -0.0684. The zero-order valence-corrected chi connectivity index (χ0v) is 18.6. The van der Waals surface area contributed by atoms with Crippen molar-refractivity contribution in [2.45, 2.75) is 4.90 Å².